The molecule has 1 amide bonds. The van der Waals surface area contributed by atoms with Crippen molar-refractivity contribution in [2.45, 2.75) is 76.3 Å². The average Bonchev–Trinajstić information content (AvgIpc) is 3.62. The highest BCUT2D eigenvalue weighted by Crippen LogP contribution is 2.39. The number of ether oxygens (including phenoxy) is 6. The Balaban J connectivity index is 1.27. The van der Waals surface area contributed by atoms with Gasteiger partial charge >= 0.3 is 0 Å². The zero-order valence-electron chi connectivity index (χ0n) is 27.3. The van der Waals surface area contributed by atoms with E-state index in [0.717, 1.165) is 100 Å². The molecule has 9 heteroatoms. The summed E-state index contributed by atoms with van der Waals surface area (Å²) in [4.78, 5) is 17.2. The zero-order chi connectivity index (χ0) is 31.3. The van der Waals surface area contributed by atoms with Crippen LogP contribution in [0, 0.1) is 0 Å². The maximum absolute atomic E-state index is 12.9. The second-order valence-corrected chi connectivity index (χ2v) is 12.4. The maximum atomic E-state index is 12.9. The predicted molar refractivity (Wildman–Crippen MR) is 174 cm³/mol. The van der Waals surface area contributed by atoms with Gasteiger partial charge in [-0.05, 0) is 73.8 Å². The van der Waals surface area contributed by atoms with Crippen LogP contribution in [-0.4, -0.2) is 96.4 Å². The summed E-state index contributed by atoms with van der Waals surface area (Å²) < 4.78 is 35.4. The molecular weight excluding hydrogens is 572 g/mol. The van der Waals surface area contributed by atoms with Gasteiger partial charge < -0.3 is 38.2 Å². The summed E-state index contributed by atoms with van der Waals surface area (Å²) in [6, 6.07) is 15.1. The number of rotatable bonds is 17. The Morgan fingerprint density at radius 2 is 1.56 bits per heavy atom. The van der Waals surface area contributed by atoms with Crippen LogP contribution in [0.15, 0.2) is 42.5 Å². The zero-order valence-corrected chi connectivity index (χ0v) is 27.3. The number of anilines is 1. The SMILES string of the molecule is COCCCOCc1ccc([C@@H]2[C@@H](OCc3ccc4c(c3)N(CCCOC)CCO4)CCC[C@H]2OCC(=O)N2CCCC2)cc1. The maximum Gasteiger partial charge on any atom is 0.248 e. The minimum atomic E-state index is -0.0837. The topological polar surface area (TPSA) is 78.9 Å². The Hall–Kier alpha value is -2.69. The number of hydrogen-bond donors (Lipinski definition) is 0. The lowest BCUT2D eigenvalue weighted by Gasteiger charge is -2.38. The van der Waals surface area contributed by atoms with Gasteiger partial charge in [0.25, 0.3) is 0 Å². The molecule has 3 atom stereocenters. The minimum Gasteiger partial charge on any atom is -0.490 e. The van der Waals surface area contributed by atoms with Crippen molar-refractivity contribution in [2.24, 2.45) is 0 Å². The van der Waals surface area contributed by atoms with Crippen LogP contribution in [0.4, 0.5) is 5.69 Å². The number of benzene rings is 2. The molecule has 0 N–H and O–H groups in total. The van der Waals surface area contributed by atoms with E-state index < -0.39 is 0 Å². The molecule has 2 fully saturated rings. The number of methoxy groups -OCH3 is 2. The van der Waals surface area contributed by atoms with Gasteiger partial charge in [-0.25, -0.2) is 0 Å². The second-order valence-electron chi connectivity index (χ2n) is 12.4. The highest BCUT2D eigenvalue weighted by molar-refractivity contribution is 5.77. The van der Waals surface area contributed by atoms with Crippen molar-refractivity contribution >= 4 is 11.6 Å². The largest absolute Gasteiger partial charge is 0.490 e. The lowest BCUT2D eigenvalue weighted by Crippen LogP contribution is -2.40. The van der Waals surface area contributed by atoms with Crippen LogP contribution in [-0.2, 0) is 41.7 Å². The van der Waals surface area contributed by atoms with Gasteiger partial charge in [0, 0.05) is 59.6 Å². The summed E-state index contributed by atoms with van der Waals surface area (Å²) in [6.45, 7) is 7.51. The first-order valence-corrected chi connectivity index (χ1v) is 16.8. The van der Waals surface area contributed by atoms with Gasteiger partial charge in [0.1, 0.15) is 19.0 Å². The number of hydrogen-bond acceptors (Lipinski definition) is 8. The second kappa shape index (κ2) is 17.9. The summed E-state index contributed by atoms with van der Waals surface area (Å²) >= 11 is 0. The fraction of sp³-hybridized carbons (Fsp3) is 0.639. The van der Waals surface area contributed by atoms with E-state index in [1.807, 2.05) is 4.90 Å². The molecule has 9 nitrogen and oxygen atoms in total. The number of nitrogens with zero attached hydrogens (tertiary/aromatic N) is 2. The first-order valence-electron chi connectivity index (χ1n) is 16.8. The van der Waals surface area contributed by atoms with E-state index in [1.165, 1.54) is 5.56 Å². The predicted octanol–water partition coefficient (Wildman–Crippen LogP) is 5.34. The van der Waals surface area contributed by atoms with Gasteiger partial charge in [-0.1, -0.05) is 30.3 Å². The highest BCUT2D eigenvalue weighted by atomic mass is 16.5. The molecule has 3 aliphatic rings. The molecule has 1 saturated heterocycles. The summed E-state index contributed by atoms with van der Waals surface area (Å²) in [5.74, 6) is 1.06. The summed E-state index contributed by atoms with van der Waals surface area (Å²) in [5.41, 5.74) is 4.57. The van der Waals surface area contributed by atoms with Crippen LogP contribution >= 0.6 is 0 Å². The molecule has 0 spiro atoms. The van der Waals surface area contributed by atoms with Crippen LogP contribution in [0.5, 0.6) is 5.75 Å². The van der Waals surface area contributed by atoms with Gasteiger partial charge in [-0.3, -0.25) is 4.79 Å². The van der Waals surface area contributed by atoms with Crippen LogP contribution in [0.3, 0.4) is 0 Å². The number of fused-ring (bicyclic) bond motifs is 1. The molecule has 0 aromatic heterocycles. The first-order chi connectivity index (χ1) is 22.2. The molecule has 1 saturated carbocycles. The number of likely N-dealkylation sites (tertiary alicyclic amines) is 1. The molecule has 248 valence electrons. The molecule has 0 bridgehead atoms. The number of amides is 1. The first kappa shape index (κ1) is 33.7. The summed E-state index contributed by atoms with van der Waals surface area (Å²) in [6.07, 6.45) is 6.77. The van der Waals surface area contributed by atoms with Gasteiger partial charge in [0.05, 0.1) is 37.7 Å². The molecule has 1 aliphatic carbocycles. The Morgan fingerprint density at radius 1 is 0.822 bits per heavy atom. The number of carbonyl (C=O) groups excluding carboxylic acids is 1. The summed E-state index contributed by atoms with van der Waals surface area (Å²) in [7, 11) is 3.46. The lowest BCUT2D eigenvalue weighted by atomic mass is 9.79. The third-order valence-electron chi connectivity index (χ3n) is 9.15. The minimum absolute atomic E-state index is 0.0214. The fourth-order valence-corrected chi connectivity index (χ4v) is 6.73. The molecular formula is C36H52N2O7. The van der Waals surface area contributed by atoms with E-state index in [9.17, 15) is 4.79 Å². The molecule has 2 heterocycles. The van der Waals surface area contributed by atoms with E-state index in [1.54, 1.807) is 14.2 Å². The van der Waals surface area contributed by atoms with Crippen molar-refractivity contribution < 1.29 is 33.2 Å². The monoisotopic (exact) mass is 624 g/mol. The van der Waals surface area contributed by atoms with Crippen LogP contribution < -0.4 is 9.64 Å². The van der Waals surface area contributed by atoms with E-state index in [4.69, 9.17) is 28.4 Å². The normalized spacial score (nSPS) is 21.5. The molecule has 2 aliphatic heterocycles. The average molecular weight is 625 g/mol. The molecule has 0 unspecified atom stereocenters. The van der Waals surface area contributed by atoms with Gasteiger partial charge in [-0.15, -0.1) is 0 Å². The Morgan fingerprint density at radius 3 is 2.33 bits per heavy atom. The van der Waals surface area contributed by atoms with Gasteiger partial charge in [0.15, 0.2) is 0 Å². The van der Waals surface area contributed by atoms with E-state index in [0.29, 0.717) is 33.0 Å². The van der Waals surface area contributed by atoms with E-state index >= 15 is 0 Å². The van der Waals surface area contributed by atoms with Crippen LogP contribution in [0.2, 0.25) is 0 Å². The van der Waals surface area contributed by atoms with Gasteiger partial charge in [0.2, 0.25) is 5.91 Å². The van der Waals surface area contributed by atoms with Crippen molar-refractivity contribution in [2.75, 3.05) is 78.3 Å². The highest BCUT2D eigenvalue weighted by Gasteiger charge is 2.37. The lowest BCUT2D eigenvalue weighted by molar-refractivity contribution is -0.140. The summed E-state index contributed by atoms with van der Waals surface area (Å²) in [5, 5.41) is 0. The third-order valence-corrected chi connectivity index (χ3v) is 9.15. The fourth-order valence-electron chi connectivity index (χ4n) is 6.73. The van der Waals surface area contributed by atoms with Crippen LogP contribution in [0.25, 0.3) is 0 Å². The Labute approximate surface area is 269 Å². The number of carbonyl (C=O) groups is 1. The molecule has 5 rings (SSSR count). The van der Waals surface area contributed by atoms with E-state index in [2.05, 4.69) is 47.4 Å². The van der Waals surface area contributed by atoms with E-state index in [-0.39, 0.29) is 30.6 Å². The Kier molecular flexibility index (Phi) is 13.4. The molecule has 45 heavy (non-hydrogen) atoms. The van der Waals surface area contributed by atoms with Crippen molar-refractivity contribution in [3.63, 3.8) is 0 Å². The quantitative estimate of drug-likeness (QED) is 0.219. The van der Waals surface area contributed by atoms with Crippen molar-refractivity contribution in [3.05, 3.63) is 59.2 Å². The Bertz CT molecular complexity index is 1170. The van der Waals surface area contributed by atoms with Crippen LogP contribution in [0.1, 0.15) is 67.6 Å². The molecule has 0 radical (unpaired) electrons. The smallest absolute Gasteiger partial charge is 0.248 e. The molecule has 2 aromatic rings. The third kappa shape index (κ3) is 9.66. The molecule has 2 aromatic carbocycles. The van der Waals surface area contributed by atoms with Gasteiger partial charge in [-0.2, -0.15) is 0 Å². The van der Waals surface area contributed by atoms with Crippen molar-refractivity contribution in [3.8, 4) is 5.75 Å². The van der Waals surface area contributed by atoms with Crippen molar-refractivity contribution in [1.82, 2.24) is 4.90 Å². The van der Waals surface area contributed by atoms with Crippen molar-refractivity contribution in [1.29, 1.82) is 0 Å². The standard InChI is InChI=1S/C36H52N2O7/c1-40-20-6-18-37-19-23-43-32-15-12-29(24-31(32)37)26-44-33-8-5-9-34(45-27-35(39)38-16-3-4-17-38)36(33)30-13-10-28(11-14-30)25-42-22-7-21-41-2/h10-15,24,33-34,36H,3-9,16-23,25-27H2,1-2H3/t33-,34+,36+/m0/s1.